The number of nitrogens with zero attached hydrogens (tertiary/aromatic N) is 6. The molecule has 1 aliphatic carbocycles. The quantitative estimate of drug-likeness (QED) is 0.842. The maximum absolute atomic E-state index is 4.71. The number of aryl methyl sites for hydroxylation is 2. The Hall–Kier alpha value is -1.69. The van der Waals surface area contributed by atoms with E-state index in [9.17, 15) is 0 Å². The van der Waals surface area contributed by atoms with E-state index >= 15 is 0 Å². The van der Waals surface area contributed by atoms with E-state index < -0.39 is 0 Å². The van der Waals surface area contributed by atoms with Gasteiger partial charge in [0.05, 0.1) is 11.4 Å². The summed E-state index contributed by atoms with van der Waals surface area (Å²) in [5, 5.41) is 12.9. The number of hydrogen-bond donors (Lipinski definition) is 0. The van der Waals surface area contributed by atoms with E-state index in [1.54, 1.807) is 4.68 Å². The van der Waals surface area contributed by atoms with Crippen molar-refractivity contribution >= 4 is 0 Å². The molecule has 0 unspecified atom stereocenters. The SMILES string of the molecule is CN(Cc1cn(C)nn1)Cc1cn(C)nc1C1CCCC1. The van der Waals surface area contributed by atoms with Gasteiger partial charge in [0.1, 0.15) is 0 Å². The van der Waals surface area contributed by atoms with E-state index in [2.05, 4.69) is 28.5 Å². The molecule has 0 bridgehead atoms. The van der Waals surface area contributed by atoms with Crippen LogP contribution in [-0.4, -0.2) is 36.7 Å². The van der Waals surface area contributed by atoms with E-state index in [1.807, 2.05) is 25.0 Å². The largest absolute Gasteiger partial charge is 0.296 e. The van der Waals surface area contributed by atoms with Crippen LogP contribution in [0.15, 0.2) is 12.4 Å². The highest BCUT2D eigenvalue weighted by Crippen LogP contribution is 2.35. The van der Waals surface area contributed by atoms with Gasteiger partial charge in [-0.15, -0.1) is 5.10 Å². The highest BCUT2D eigenvalue weighted by atomic mass is 15.4. The summed E-state index contributed by atoms with van der Waals surface area (Å²) in [6, 6.07) is 0. The molecule has 2 aromatic heterocycles. The average Bonchev–Trinajstić information content (AvgIpc) is 3.11. The monoisotopic (exact) mass is 288 g/mol. The van der Waals surface area contributed by atoms with Crippen molar-refractivity contribution in [3.63, 3.8) is 0 Å². The molecule has 6 nitrogen and oxygen atoms in total. The first-order valence-electron chi connectivity index (χ1n) is 7.68. The van der Waals surface area contributed by atoms with E-state index in [0.29, 0.717) is 5.92 Å². The van der Waals surface area contributed by atoms with Crippen LogP contribution in [0.4, 0.5) is 0 Å². The predicted molar refractivity (Wildman–Crippen MR) is 80.6 cm³/mol. The van der Waals surface area contributed by atoms with Crippen molar-refractivity contribution in [2.24, 2.45) is 14.1 Å². The maximum atomic E-state index is 4.71. The van der Waals surface area contributed by atoms with Crippen molar-refractivity contribution in [2.75, 3.05) is 7.05 Å². The van der Waals surface area contributed by atoms with Crippen LogP contribution in [0.2, 0.25) is 0 Å². The third kappa shape index (κ3) is 3.32. The molecule has 1 fully saturated rings. The smallest absolute Gasteiger partial charge is 0.0967 e. The number of rotatable bonds is 5. The predicted octanol–water partition coefficient (Wildman–Crippen LogP) is 1.84. The fraction of sp³-hybridized carbons (Fsp3) is 0.667. The van der Waals surface area contributed by atoms with Crippen molar-refractivity contribution in [1.82, 2.24) is 29.7 Å². The molecule has 0 radical (unpaired) electrons. The Morgan fingerprint density at radius 2 is 1.90 bits per heavy atom. The van der Waals surface area contributed by atoms with Crippen LogP contribution in [-0.2, 0) is 27.2 Å². The van der Waals surface area contributed by atoms with E-state index in [-0.39, 0.29) is 0 Å². The van der Waals surface area contributed by atoms with Crippen molar-refractivity contribution in [2.45, 2.75) is 44.7 Å². The Bertz CT molecular complexity index is 593. The Kier molecular flexibility index (Phi) is 4.05. The molecular weight excluding hydrogens is 264 g/mol. The fourth-order valence-electron chi connectivity index (χ4n) is 3.31. The second kappa shape index (κ2) is 5.97. The van der Waals surface area contributed by atoms with Crippen LogP contribution in [0, 0.1) is 0 Å². The first-order chi connectivity index (χ1) is 10.1. The minimum atomic E-state index is 0.658. The van der Waals surface area contributed by atoms with Gasteiger partial charge in [0.25, 0.3) is 0 Å². The van der Waals surface area contributed by atoms with Gasteiger partial charge in [-0.1, -0.05) is 18.1 Å². The molecule has 0 aromatic carbocycles. The molecule has 114 valence electrons. The molecule has 1 aliphatic rings. The van der Waals surface area contributed by atoms with Gasteiger partial charge in [0.15, 0.2) is 0 Å². The van der Waals surface area contributed by atoms with Gasteiger partial charge < -0.3 is 0 Å². The third-order valence-electron chi connectivity index (χ3n) is 4.20. The summed E-state index contributed by atoms with van der Waals surface area (Å²) in [7, 11) is 6.04. The molecule has 1 saturated carbocycles. The zero-order valence-electron chi connectivity index (χ0n) is 13.2. The summed E-state index contributed by atoms with van der Waals surface area (Å²) in [6.07, 6.45) is 9.40. The topological polar surface area (TPSA) is 51.8 Å². The van der Waals surface area contributed by atoms with Crippen LogP contribution < -0.4 is 0 Å². The Balaban J connectivity index is 1.69. The summed E-state index contributed by atoms with van der Waals surface area (Å²) < 4.78 is 3.70. The molecule has 3 rings (SSSR count). The molecule has 0 spiro atoms. The molecule has 2 aromatic rings. The fourth-order valence-corrected chi connectivity index (χ4v) is 3.31. The summed E-state index contributed by atoms with van der Waals surface area (Å²) in [5.74, 6) is 0.658. The van der Waals surface area contributed by atoms with Crippen LogP contribution in [0.3, 0.4) is 0 Å². The summed E-state index contributed by atoms with van der Waals surface area (Å²) in [4.78, 5) is 2.28. The van der Waals surface area contributed by atoms with E-state index in [1.165, 1.54) is 36.9 Å². The molecule has 21 heavy (non-hydrogen) atoms. The van der Waals surface area contributed by atoms with Gasteiger partial charge >= 0.3 is 0 Å². The second-order valence-electron chi connectivity index (χ2n) is 6.25. The minimum Gasteiger partial charge on any atom is -0.296 e. The van der Waals surface area contributed by atoms with Gasteiger partial charge in [0, 0.05) is 51.1 Å². The van der Waals surface area contributed by atoms with E-state index in [4.69, 9.17) is 5.10 Å². The van der Waals surface area contributed by atoms with Gasteiger partial charge in [-0.2, -0.15) is 5.10 Å². The van der Waals surface area contributed by atoms with Crippen molar-refractivity contribution < 1.29 is 0 Å². The summed E-state index contributed by atoms with van der Waals surface area (Å²) in [6.45, 7) is 1.73. The molecule has 2 heterocycles. The average molecular weight is 288 g/mol. The van der Waals surface area contributed by atoms with E-state index in [0.717, 1.165) is 18.8 Å². The molecule has 0 N–H and O–H groups in total. The van der Waals surface area contributed by atoms with Gasteiger partial charge in [-0.05, 0) is 19.9 Å². The molecule has 0 aliphatic heterocycles. The highest BCUT2D eigenvalue weighted by Gasteiger charge is 2.23. The van der Waals surface area contributed by atoms with Crippen LogP contribution in [0.5, 0.6) is 0 Å². The number of aromatic nitrogens is 5. The lowest BCUT2D eigenvalue weighted by Crippen LogP contribution is -2.18. The second-order valence-corrected chi connectivity index (χ2v) is 6.25. The number of hydrogen-bond acceptors (Lipinski definition) is 4. The molecule has 6 heteroatoms. The molecule has 0 atom stereocenters. The molecule has 0 saturated heterocycles. The van der Waals surface area contributed by atoms with Crippen LogP contribution >= 0.6 is 0 Å². The third-order valence-corrected chi connectivity index (χ3v) is 4.20. The lowest BCUT2D eigenvalue weighted by atomic mass is 10.0. The Morgan fingerprint density at radius 3 is 2.57 bits per heavy atom. The van der Waals surface area contributed by atoms with Crippen molar-refractivity contribution in [3.8, 4) is 0 Å². The van der Waals surface area contributed by atoms with Crippen LogP contribution in [0.25, 0.3) is 0 Å². The van der Waals surface area contributed by atoms with Gasteiger partial charge in [0.2, 0.25) is 0 Å². The summed E-state index contributed by atoms with van der Waals surface area (Å²) >= 11 is 0. The highest BCUT2D eigenvalue weighted by molar-refractivity contribution is 5.22. The molecular formula is C15H24N6. The Morgan fingerprint density at radius 1 is 1.14 bits per heavy atom. The molecule has 0 amide bonds. The zero-order valence-corrected chi connectivity index (χ0v) is 13.2. The van der Waals surface area contributed by atoms with Crippen LogP contribution in [0.1, 0.15) is 48.6 Å². The van der Waals surface area contributed by atoms with Gasteiger partial charge in [-0.25, -0.2) is 0 Å². The van der Waals surface area contributed by atoms with Crippen molar-refractivity contribution in [3.05, 3.63) is 29.3 Å². The minimum absolute atomic E-state index is 0.658. The Labute approximate surface area is 125 Å². The first kappa shape index (κ1) is 14.3. The normalized spacial score (nSPS) is 16.2. The maximum Gasteiger partial charge on any atom is 0.0967 e. The van der Waals surface area contributed by atoms with Crippen molar-refractivity contribution in [1.29, 1.82) is 0 Å². The lowest BCUT2D eigenvalue weighted by molar-refractivity contribution is 0.313. The van der Waals surface area contributed by atoms with Gasteiger partial charge in [-0.3, -0.25) is 14.3 Å². The summed E-state index contributed by atoms with van der Waals surface area (Å²) in [5.41, 5.74) is 3.67. The standard InChI is InChI=1S/C15H24N6/c1-19(10-14-11-21(3)18-16-14)8-13-9-20(2)17-15(13)12-6-4-5-7-12/h9,11-12H,4-8,10H2,1-3H3. The first-order valence-corrected chi connectivity index (χ1v) is 7.68. The lowest BCUT2D eigenvalue weighted by Gasteiger charge is -2.16. The zero-order chi connectivity index (χ0) is 14.8.